The SMILES string of the molecule is CN(CCCCCCBr)C(=O)OC(C)(C)C. The highest BCUT2D eigenvalue weighted by Crippen LogP contribution is 2.10. The second-order valence-electron chi connectivity index (χ2n) is 5.01. The number of carbonyl (C=O) groups is 1. The van der Waals surface area contributed by atoms with Crippen molar-refractivity contribution in [3.63, 3.8) is 0 Å². The lowest BCUT2D eigenvalue weighted by molar-refractivity contribution is 0.0296. The zero-order valence-electron chi connectivity index (χ0n) is 10.9. The summed E-state index contributed by atoms with van der Waals surface area (Å²) in [4.78, 5) is 13.2. The first-order valence-electron chi connectivity index (χ1n) is 5.87. The van der Waals surface area contributed by atoms with Gasteiger partial charge in [-0.05, 0) is 33.6 Å². The van der Waals surface area contributed by atoms with Gasteiger partial charge in [0.05, 0.1) is 0 Å². The predicted octanol–water partition coefficient (Wildman–Crippen LogP) is 3.81. The summed E-state index contributed by atoms with van der Waals surface area (Å²) in [6, 6.07) is 0. The van der Waals surface area contributed by atoms with E-state index in [-0.39, 0.29) is 6.09 Å². The average molecular weight is 294 g/mol. The Morgan fingerprint density at radius 2 is 1.75 bits per heavy atom. The third-order valence-corrected chi connectivity index (χ3v) is 2.64. The number of amides is 1. The molecule has 0 N–H and O–H groups in total. The summed E-state index contributed by atoms with van der Waals surface area (Å²) in [5, 5.41) is 1.06. The van der Waals surface area contributed by atoms with E-state index in [9.17, 15) is 4.79 Å². The summed E-state index contributed by atoms with van der Waals surface area (Å²) >= 11 is 3.40. The summed E-state index contributed by atoms with van der Waals surface area (Å²) in [6.07, 6.45) is 4.40. The van der Waals surface area contributed by atoms with Crippen LogP contribution in [-0.2, 0) is 4.74 Å². The van der Waals surface area contributed by atoms with Crippen molar-refractivity contribution in [3.05, 3.63) is 0 Å². The molecule has 4 heteroatoms. The number of ether oxygens (including phenoxy) is 1. The number of halogens is 1. The molecule has 0 aromatic carbocycles. The lowest BCUT2D eigenvalue weighted by Crippen LogP contribution is -2.34. The summed E-state index contributed by atoms with van der Waals surface area (Å²) in [7, 11) is 1.79. The van der Waals surface area contributed by atoms with Crippen LogP contribution in [0.4, 0.5) is 4.79 Å². The molecule has 16 heavy (non-hydrogen) atoms. The van der Waals surface area contributed by atoms with E-state index in [1.54, 1.807) is 11.9 Å². The maximum Gasteiger partial charge on any atom is 0.410 e. The van der Waals surface area contributed by atoms with Crippen molar-refractivity contribution in [3.8, 4) is 0 Å². The summed E-state index contributed by atoms with van der Waals surface area (Å²) < 4.78 is 5.26. The van der Waals surface area contributed by atoms with Crippen molar-refractivity contribution in [2.75, 3.05) is 18.9 Å². The van der Waals surface area contributed by atoms with Gasteiger partial charge in [0.2, 0.25) is 0 Å². The Morgan fingerprint density at radius 3 is 2.25 bits per heavy atom. The fourth-order valence-corrected chi connectivity index (χ4v) is 1.62. The third kappa shape index (κ3) is 9.01. The molecule has 3 nitrogen and oxygen atoms in total. The second-order valence-corrected chi connectivity index (χ2v) is 5.80. The van der Waals surface area contributed by atoms with Crippen LogP contribution in [0.15, 0.2) is 0 Å². The van der Waals surface area contributed by atoms with E-state index in [4.69, 9.17) is 4.74 Å². The summed E-state index contributed by atoms with van der Waals surface area (Å²) in [6.45, 7) is 6.43. The van der Waals surface area contributed by atoms with Crippen LogP contribution < -0.4 is 0 Å². The van der Waals surface area contributed by atoms with Gasteiger partial charge in [0.25, 0.3) is 0 Å². The number of hydrogen-bond donors (Lipinski definition) is 0. The van der Waals surface area contributed by atoms with Gasteiger partial charge in [-0.15, -0.1) is 0 Å². The molecule has 0 aromatic heterocycles. The van der Waals surface area contributed by atoms with Gasteiger partial charge in [-0.1, -0.05) is 28.8 Å². The Bertz CT molecular complexity index is 202. The Labute approximate surface area is 108 Å². The van der Waals surface area contributed by atoms with Crippen LogP contribution in [0.1, 0.15) is 46.5 Å². The molecule has 0 aliphatic rings. The highest BCUT2D eigenvalue weighted by atomic mass is 79.9. The van der Waals surface area contributed by atoms with Gasteiger partial charge in [-0.3, -0.25) is 0 Å². The van der Waals surface area contributed by atoms with E-state index in [0.717, 1.165) is 18.3 Å². The van der Waals surface area contributed by atoms with Gasteiger partial charge >= 0.3 is 6.09 Å². The van der Waals surface area contributed by atoms with E-state index in [0.29, 0.717) is 0 Å². The zero-order chi connectivity index (χ0) is 12.6. The normalized spacial score (nSPS) is 11.3. The molecule has 0 unspecified atom stereocenters. The number of rotatable bonds is 6. The van der Waals surface area contributed by atoms with Crippen molar-refractivity contribution in [1.29, 1.82) is 0 Å². The molecule has 96 valence electrons. The van der Waals surface area contributed by atoms with Gasteiger partial charge in [-0.2, -0.15) is 0 Å². The fourth-order valence-electron chi connectivity index (χ4n) is 1.23. The molecule has 0 bridgehead atoms. The zero-order valence-corrected chi connectivity index (χ0v) is 12.5. The van der Waals surface area contributed by atoms with Crippen LogP contribution in [0.25, 0.3) is 0 Å². The summed E-state index contributed by atoms with van der Waals surface area (Å²) in [5.74, 6) is 0. The van der Waals surface area contributed by atoms with E-state index in [1.165, 1.54) is 19.3 Å². The largest absolute Gasteiger partial charge is 0.444 e. The van der Waals surface area contributed by atoms with Crippen LogP contribution >= 0.6 is 15.9 Å². The topological polar surface area (TPSA) is 29.5 Å². The van der Waals surface area contributed by atoms with Gasteiger partial charge in [0.1, 0.15) is 5.60 Å². The number of carbonyl (C=O) groups excluding carboxylic acids is 1. The Kier molecular flexibility index (Phi) is 7.81. The highest BCUT2D eigenvalue weighted by molar-refractivity contribution is 9.09. The highest BCUT2D eigenvalue weighted by Gasteiger charge is 2.18. The van der Waals surface area contributed by atoms with Gasteiger partial charge in [0.15, 0.2) is 0 Å². The molecule has 0 aliphatic heterocycles. The summed E-state index contributed by atoms with van der Waals surface area (Å²) in [5.41, 5.74) is -0.401. The lowest BCUT2D eigenvalue weighted by atomic mass is 10.2. The van der Waals surface area contributed by atoms with Crippen molar-refractivity contribution in [2.45, 2.75) is 52.1 Å². The van der Waals surface area contributed by atoms with Crippen LogP contribution in [0, 0.1) is 0 Å². The quantitative estimate of drug-likeness (QED) is 0.550. The Balaban J connectivity index is 3.64. The molecule has 1 amide bonds. The average Bonchev–Trinajstić information content (AvgIpc) is 2.14. The predicted molar refractivity (Wildman–Crippen MR) is 71.1 cm³/mol. The molecule has 0 saturated carbocycles. The van der Waals surface area contributed by atoms with Gasteiger partial charge in [-0.25, -0.2) is 4.79 Å². The lowest BCUT2D eigenvalue weighted by Gasteiger charge is -2.24. The molecule has 0 fully saturated rings. The Hall–Kier alpha value is -0.250. The molecule has 0 saturated heterocycles. The molecule has 0 heterocycles. The first kappa shape index (κ1) is 15.8. The van der Waals surface area contributed by atoms with Crippen LogP contribution in [0.3, 0.4) is 0 Å². The van der Waals surface area contributed by atoms with Crippen molar-refractivity contribution < 1.29 is 9.53 Å². The van der Waals surface area contributed by atoms with Gasteiger partial charge < -0.3 is 9.64 Å². The van der Waals surface area contributed by atoms with E-state index in [2.05, 4.69) is 15.9 Å². The number of alkyl halides is 1. The molecular weight excluding hydrogens is 270 g/mol. The smallest absolute Gasteiger partial charge is 0.410 e. The second kappa shape index (κ2) is 7.93. The van der Waals surface area contributed by atoms with Crippen molar-refractivity contribution >= 4 is 22.0 Å². The minimum atomic E-state index is -0.401. The van der Waals surface area contributed by atoms with Crippen molar-refractivity contribution in [1.82, 2.24) is 4.90 Å². The Morgan fingerprint density at radius 1 is 1.19 bits per heavy atom. The minimum absolute atomic E-state index is 0.229. The molecular formula is C12H24BrNO2. The maximum atomic E-state index is 11.6. The van der Waals surface area contributed by atoms with Gasteiger partial charge in [0, 0.05) is 18.9 Å². The standard InChI is InChI=1S/C12H24BrNO2/c1-12(2,3)16-11(15)14(4)10-8-6-5-7-9-13/h5-10H2,1-4H3. The van der Waals surface area contributed by atoms with Crippen LogP contribution in [0.2, 0.25) is 0 Å². The molecule has 0 aromatic rings. The number of hydrogen-bond acceptors (Lipinski definition) is 2. The molecule has 0 radical (unpaired) electrons. The first-order valence-corrected chi connectivity index (χ1v) is 6.99. The number of unbranched alkanes of at least 4 members (excludes halogenated alkanes) is 3. The third-order valence-electron chi connectivity index (χ3n) is 2.08. The molecule has 0 atom stereocenters. The van der Waals surface area contributed by atoms with E-state index >= 15 is 0 Å². The minimum Gasteiger partial charge on any atom is -0.444 e. The van der Waals surface area contributed by atoms with Crippen LogP contribution in [0.5, 0.6) is 0 Å². The van der Waals surface area contributed by atoms with Crippen LogP contribution in [-0.4, -0.2) is 35.5 Å². The maximum absolute atomic E-state index is 11.6. The monoisotopic (exact) mass is 293 g/mol. The fraction of sp³-hybridized carbons (Fsp3) is 0.917. The molecule has 0 spiro atoms. The van der Waals surface area contributed by atoms with Crippen molar-refractivity contribution in [2.24, 2.45) is 0 Å². The van der Waals surface area contributed by atoms with E-state index in [1.807, 2.05) is 20.8 Å². The first-order chi connectivity index (χ1) is 7.37. The molecule has 0 aliphatic carbocycles. The van der Waals surface area contributed by atoms with E-state index < -0.39 is 5.60 Å². The number of nitrogens with zero attached hydrogens (tertiary/aromatic N) is 1. The molecule has 0 rings (SSSR count).